The van der Waals surface area contributed by atoms with Gasteiger partial charge in [0.25, 0.3) is 0 Å². The van der Waals surface area contributed by atoms with Crippen molar-refractivity contribution in [2.24, 2.45) is 0 Å². The van der Waals surface area contributed by atoms with E-state index < -0.39 is 5.97 Å². The van der Waals surface area contributed by atoms with Gasteiger partial charge in [-0.2, -0.15) is 0 Å². The predicted molar refractivity (Wildman–Crippen MR) is 70.4 cm³/mol. The Morgan fingerprint density at radius 3 is 2.72 bits per heavy atom. The molecule has 4 nitrogen and oxygen atoms in total. The number of carboxylic acid groups (broad SMARTS) is 1. The van der Waals surface area contributed by atoms with Crippen LogP contribution in [0.1, 0.15) is 12.0 Å². The molecule has 0 unspecified atom stereocenters. The van der Waals surface area contributed by atoms with E-state index >= 15 is 0 Å². The molecule has 1 aliphatic rings. The van der Waals surface area contributed by atoms with Crippen LogP contribution in [-0.4, -0.2) is 53.6 Å². The third-order valence-corrected chi connectivity index (χ3v) is 3.45. The van der Waals surface area contributed by atoms with E-state index in [1.54, 1.807) is 0 Å². The van der Waals surface area contributed by atoms with Crippen molar-refractivity contribution < 1.29 is 9.90 Å². The van der Waals surface area contributed by atoms with E-state index in [1.807, 2.05) is 18.2 Å². The second kappa shape index (κ2) is 5.98. The zero-order chi connectivity index (χ0) is 13.0. The van der Waals surface area contributed by atoms with E-state index in [0.717, 1.165) is 26.2 Å². The van der Waals surface area contributed by atoms with Crippen LogP contribution < -0.4 is 0 Å². The summed E-state index contributed by atoms with van der Waals surface area (Å²) in [6.07, 6.45) is 0.219. The summed E-state index contributed by atoms with van der Waals surface area (Å²) >= 11 is 0. The molecule has 98 valence electrons. The van der Waals surface area contributed by atoms with E-state index in [2.05, 4.69) is 29.0 Å². The van der Waals surface area contributed by atoms with Crippen LogP contribution in [0.25, 0.3) is 0 Å². The van der Waals surface area contributed by atoms with Crippen LogP contribution >= 0.6 is 0 Å². The Bertz CT molecular complexity index is 394. The first-order chi connectivity index (χ1) is 8.65. The molecule has 0 radical (unpaired) electrons. The molecule has 4 heteroatoms. The Morgan fingerprint density at radius 1 is 1.33 bits per heavy atom. The summed E-state index contributed by atoms with van der Waals surface area (Å²) in [7, 11) is 2.05. The largest absolute Gasteiger partial charge is 0.481 e. The van der Waals surface area contributed by atoms with Gasteiger partial charge >= 0.3 is 5.97 Å². The van der Waals surface area contributed by atoms with Crippen LogP contribution in [0, 0.1) is 0 Å². The zero-order valence-electron chi connectivity index (χ0n) is 10.7. The maximum absolute atomic E-state index is 10.9. The van der Waals surface area contributed by atoms with Crippen molar-refractivity contribution in [3.8, 4) is 0 Å². The first-order valence-electron chi connectivity index (χ1n) is 6.33. The zero-order valence-corrected chi connectivity index (χ0v) is 10.7. The summed E-state index contributed by atoms with van der Waals surface area (Å²) in [6.45, 7) is 3.61. The number of carboxylic acids is 1. The Balaban J connectivity index is 2.02. The lowest BCUT2D eigenvalue weighted by atomic mass is 10.1. The maximum Gasteiger partial charge on any atom is 0.304 e. The number of carbonyl (C=O) groups is 1. The molecule has 1 fully saturated rings. The van der Waals surface area contributed by atoms with Gasteiger partial charge in [-0.3, -0.25) is 9.69 Å². The number of nitrogens with zero attached hydrogens (tertiary/aromatic N) is 2. The lowest BCUT2D eigenvalue weighted by molar-refractivity contribution is -0.139. The molecule has 1 aromatic carbocycles. The third-order valence-electron chi connectivity index (χ3n) is 3.45. The van der Waals surface area contributed by atoms with Crippen LogP contribution in [0.2, 0.25) is 0 Å². The molecule has 18 heavy (non-hydrogen) atoms. The summed E-state index contributed by atoms with van der Waals surface area (Å²) < 4.78 is 0. The van der Waals surface area contributed by atoms with Crippen molar-refractivity contribution in [2.75, 3.05) is 26.7 Å². The van der Waals surface area contributed by atoms with Crippen LogP contribution in [0.3, 0.4) is 0 Å². The average molecular weight is 248 g/mol. The van der Waals surface area contributed by atoms with Gasteiger partial charge in [0.05, 0.1) is 6.42 Å². The molecule has 1 aliphatic heterocycles. The van der Waals surface area contributed by atoms with Gasteiger partial charge in [-0.25, -0.2) is 0 Å². The molecule has 1 saturated heterocycles. The summed E-state index contributed by atoms with van der Waals surface area (Å²) in [5.41, 5.74) is 1.25. The summed E-state index contributed by atoms with van der Waals surface area (Å²) in [5.74, 6) is -0.714. The fraction of sp³-hybridized carbons (Fsp3) is 0.500. The van der Waals surface area contributed by atoms with Gasteiger partial charge in [0, 0.05) is 32.2 Å². The van der Waals surface area contributed by atoms with Crippen molar-refractivity contribution in [1.29, 1.82) is 0 Å². The van der Waals surface area contributed by atoms with Crippen molar-refractivity contribution in [3.63, 3.8) is 0 Å². The highest BCUT2D eigenvalue weighted by Crippen LogP contribution is 2.15. The maximum atomic E-state index is 10.9. The molecular formula is C14H20N2O2. The topological polar surface area (TPSA) is 43.8 Å². The van der Waals surface area contributed by atoms with Gasteiger partial charge in [0.15, 0.2) is 0 Å². The van der Waals surface area contributed by atoms with Crippen molar-refractivity contribution >= 4 is 5.97 Å². The van der Waals surface area contributed by atoms with Gasteiger partial charge in [-0.05, 0) is 12.6 Å². The van der Waals surface area contributed by atoms with E-state index in [1.165, 1.54) is 5.56 Å². The highest BCUT2D eigenvalue weighted by atomic mass is 16.4. The highest BCUT2D eigenvalue weighted by Gasteiger charge is 2.26. The van der Waals surface area contributed by atoms with Gasteiger partial charge < -0.3 is 10.0 Å². The second-order valence-corrected chi connectivity index (χ2v) is 4.97. The van der Waals surface area contributed by atoms with Crippen molar-refractivity contribution in [3.05, 3.63) is 35.9 Å². The average Bonchev–Trinajstić information content (AvgIpc) is 2.33. The SMILES string of the molecule is CN1CCN(Cc2ccccc2)[C@H](CC(=O)O)C1. The van der Waals surface area contributed by atoms with E-state index in [-0.39, 0.29) is 12.5 Å². The van der Waals surface area contributed by atoms with Gasteiger partial charge in [-0.15, -0.1) is 0 Å². The summed E-state index contributed by atoms with van der Waals surface area (Å²) in [6, 6.07) is 10.4. The van der Waals surface area contributed by atoms with Crippen molar-refractivity contribution in [2.45, 2.75) is 19.0 Å². The minimum atomic E-state index is -0.714. The van der Waals surface area contributed by atoms with Crippen LogP contribution in [0.4, 0.5) is 0 Å². The van der Waals surface area contributed by atoms with E-state index in [9.17, 15) is 4.79 Å². The highest BCUT2D eigenvalue weighted by molar-refractivity contribution is 5.67. The number of rotatable bonds is 4. The molecule has 1 N–H and O–H groups in total. The number of hydrogen-bond acceptors (Lipinski definition) is 3. The first kappa shape index (κ1) is 13.1. The molecule has 1 aromatic rings. The van der Waals surface area contributed by atoms with Crippen LogP contribution in [0.5, 0.6) is 0 Å². The molecule has 0 spiro atoms. The fourth-order valence-corrected chi connectivity index (χ4v) is 2.47. The van der Waals surface area contributed by atoms with Crippen LogP contribution in [-0.2, 0) is 11.3 Å². The second-order valence-electron chi connectivity index (χ2n) is 4.97. The molecular weight excluding hydrogens is 228 g/mol. The lowest BCUT2D eigenvalue weighted by Gasteiger charge is -2.39. The smallest absolute Gasteiger partial charge is 0.304 e. The molecule has 0 saturated carbocycles. The molecule has 1 atom stereocenters. The third kappa shape index (κ3) is 3.55. The number of likely N-dealkylation sites (N-methyl/N-ethyl adjacent to an activating group) is 1. The van der Waals surface area contributed by atoms with Crippen LogP contribution in [0.15, 0.2) is 30.3 Å². The number of benzene rings is 1. The standard InChI is InChI=1S/C14H20N2O2/c1-15-7-8-16(13(11-15)9-14(17)18)10-12-5-3-2-4-6-12/h2-6,13H,7-11H2,1H3,(H,17,18)/t13-/m1/s1. The fourth-order valence-electron chi connectivity index (χ4n) is 2.47. The van der Waals surface area contributed by atoms with E-state index in [4.69, 9.17) is 5.11 Å². The quantitative estimate of drug-likeness (QED) is 0.871. The number of hydrogen-bond donors (Lipinski definition) is 1. The monoisotopic (exact) mass is 248 g/mol. The Labute approximate surface area is 108 Å². The number of aliphatic carboxylic acids is 1. The van der Waals surface area contributed by atoms with Gasteiger partial charge in [0.1, 0.15) is 0 Å². The molecule has 0 amide bonds. The Hall–Kier alpha value is -1.39. The first-order valence-corrected chi connectivity index (χ1v) is 6.33. The lowest BCUT2D eigenvalue weighted by Crippen LogP contribution is -2.52. The molecule has 1 heterocycles. The molecule has 2 rings (SSSR count). The van der Waals surface area contributed by atoms with Gasteiger partial charge in [0.2, 0.25) is 0 Å². The van der Waals surface area contributed by atoms with Gasteiger partial charge in [-0.1, -0.05) is 30.3 Å². The minimum Gasteiger partial charge on any atom is -0.481 e. The molecule has 0 bridgehead atoms. The van der Waals surface area contributed by atoms with Crippen molar-refractivity contribution in [1.82, 2.24) is 9.80 Å². The predicted octanol–water partition coefficient (Wildman–Crippen LogP) is 1.28. The Kier molecular flexibility index (Phi) is 4.33. The normalized spacial score (nSPS) is 21.9. The summed E-state index contributed by atoms with van der Waals surface area (Å²) in [5, 5.41) is 8.99. The number of piperazine rings is 1. The van der Waals surface area contributed by atoms with E-state index in [0.29, 0.717) is 0 Å². The molecule has 0 aliphatic carbocycles. The summed E-state index contributed by atoms with van der Waals surface area (Å²) in [4.78, 5) is 15.4. The minimum absolute atomic E-state index is 0.112. The molecule has 0 aromatic heterocycles. The Morgan fingerprint density at radius 2 is 2.06 bits per heavy atom.